The van der Waals surface area contributed by atoms with E-state index in [1.807, 2.05) is 18.2 Å². The van der Waals surface area contributed by atoms with E-state index in [9.17, 15) is 0 Å². The molecular formula is C21H25BrClNO. The van der Waals surface area contributed by atoms with Gasteiger partial charge in [-0.25, -0.2) is 0 Å². The maximum absolute atomic E-state index is 6.07. The Morgan fingerprint density at radius 1 is 1.16 bits per heavy atom. The van der Waals surface area contributed by atoms with Crippen LogP contribution in [-0.4, -0.2) is 31.6 Å². The second-order valence-corrected chi connectivity index (χ2v) is 8.12. The van der Waals surface area contributed by atoms with Gasteiger partial charge < -0.3 is 9.64 Å². The van der Waals surface area contributed by atoms with E-state index in [1.54, 1.807) is 7.11 Å². The minimum atomic E-state index is 0.755. The number of benzene rings is 2. The monoisotopic (exact) mass is 421 g/mol. The van der Waals surface area contributed by atoms with Crippen molar-refractivity contribution in [2.75, 3.05) is 26.7 Å². The average Bonchev–Trinajstić information content (AvgIpc) is 2.63. The van der Waals surface area contributed by atoms with Crippen molar-refractivity contribution >= 4 is 27.5 Å². The number of hydrogen-bond acceptors (Lipinski definition) is 2. The highest BCUT2D eigenvalue weighted by atomic mass is 79.9. The van der Waals surface area contributed by atoms with Gasteiger partial charge in [-0.1, -0.05) is 39.7 Å². The van der Waals surface area contributed by atoms with Crippen LogP contribution in [0.2, 0.25) is 5.02 Å². The van der Waals surface area contributed by atoms with Gasteiger partial charge in [0, 0.05) is 16.0 Å². The highest BCUT2D eigenvalue weighted by molar-refractivity contribution is 9.10. The molecule has 0 unspecified atom stereocenters. The Balaban J connectivity index is 1.47. The molecule has 2 nitrogen and oxygen atoms in total. The van der Waals surface area contributed by atoms with Crippen molar-refractivity contribution in [3.63, 3.8) is 0 Å². The first kappa shape index (κ1) is 18.8. The van der Waals surface area contributed by atoms with Crippen LogP contribution in [0.5, 0.6) is 5.75 Å². The topological polar surface area (TPSA) is 12.5 Å². The van der Waals surface area contributed by atoms with E-state index >= 15 is 0 Å². The summed E-state index contributed by atoms with van der Waals surface area (Å²) >= 11 is 9.75. The number of likely N-dealkylation sites (tertiary alicyclic amines) is 1. The van der Waals surface area contributed by atoms with Gasteiger partial charge in [0.2, 0.25) is 0 Å². The summed E-state index contributed by atoms with van der Waals surface area (Å²) in [6.45, 7) is 3.50. The molecule has 1 fully saturated rings. The van der Waals surface area contributed by atoms with E-state index in [1.165, 1.54) is 41.5 Å². The van der Waals surface area contributed by atoms with Crippen LogP contribution in [0.3, 0.4) is 0 Å². The smallest absolute Gasteiger partial charge is 0.119 e. The van der Waals surface area contributed by atoms with Gasteiger partial charge in [0.15, 0.2) is 0 Å². The van der Waals surface area contributed by atoms with Gasteiger partial charge in [-0.15, -0.1) is 0 Å². The molecule has 0 radical (unpaired) electrons. The summed E-state index contributed by atoms with van der Waals surface area (Å²) in [6.07, 6.45) is 4.73. The van der Waals surface area contributed by atoms with Crippen molar-refractivity contribution in [3.05, 3.63) is 63.1 Å². The molecule has 0 saturated carbocycles. The molecule has 25 heavy (non-hydrogen) atoms. The first-order valence-corrected chi connectivity index (χ1v) is 10.1. The van der Waals surface area contributed by atoms with E-state index in [-0.39, 0.29) is 0 Å². The summed E-state index contributed by atoms with van der Waals surface area (Å²) < 4.78 is 6.55. The number of ether oxygens (including phenoxy) is 1. The lowest BCUT2D eigenvalue weighted by Crippen LogP contribution is -2.35. The molecule has 3 rings (SSSR count). The summed E-state index contributed by atoms with van der Waals surface area (Å²) in [5.41, 5.74) is 2.69. The second kappa shape index (κ2) is 9.07. The lowest BCUT2D eigenvalue weighted by atomic mass is 9.90. The molecule has 1 aliphatic heterocycles. The van der Waals surface area contributed by atoms with Crippen molar-refractivity contribution in [3.8, 4) is 5.75 Å². The molecule has 0 aliphatic carbocycles. The van der Waals surface area contributed by atoms with Gasteiger partial charge in [-0.3, -0.25) is 0 Å². The number of piperidine rings is 1. The highest BCUT2D eigenvalue weighted by Gasteiger charge is 2.20. The largest absolute Gasteiger partial charge is 0.497 e. The molecule has 0 aromatic heterocycles. The lowest BCUT2D eigenvalue weighted by molar-refractivity contribution is 0.186. The Hall–Kier alpha value is -1.03. The van der Waals surface area contributed by atoms with E-state index in [4.69, 9.17) is 16.3 Å². The third-order valence-electron chi connectivity index (χ3n) is 5.07. The van der Waals surface area contributed by atoms with Crippen LogP contribution < -0.4 is 4.74 Å². The first-order valence-electron chi connectivity index (χ1n) is 8.93. The molecule has 0 spiro atoms. The van der Waals surface area contributed by atoms with Crippen molar-refractivity contribution in [2.24, 2.45) is 5.92 Å². The van der Waals surface area contributed by atoms with E-state index < -0.39 is 0 Å². The quantitative estimate of drug-likeness (QED) is 0.600. The predicted octanol–water partition coefficient (Wildman–Crippen LogP) is 5.61. The van der Waals surface area contributed by atoms with Crippen molar-refractivity contribution in [2.45, 2.75) is 25.7 Å². The third kappa shape index (κ3) is 5.47. The SMILES string of the molecule is COc1ccc(Br)c(CC2CCN(CCc3cccc(Cl)c3)CC2)c1. The van der Waals surface area contributed by atoms with Gasteiger partial charge in [0.05, 0.1) is 7.11 Å². The molecule has 1 saturated heterocycles. The van der Waals surface area contributed by atoms with Crippen LogP contribution >= 0.6 is 27.5 Å². The number of hydrogen-bond donors (Lipinski definition) is 0. The average molecular weight is 423 g/mol. The number of halogens is 2. The molecular weight excluding hydrogens is 398 g/mol. The third-order valence-corrected chi connectivity index (χ3v) is 6.08. The van der Waals surface area contributed by atoms with Gasteiger partial charge >= 0.3 is 0 Å². The zero-order valence-corrected chi connectivity index (χ0v) is 17.0. The molecule has 1 aliphatic rings. The molecule has 2 aromatic carbocycles. The molecule has 0 N–H and O–H groups in total. The maximum Gasteiger partial charge on any atom is 0.119 e. The molecule has 134 valence electrons. The highest BCUT2D eigenvalue weighted by Crippen LogP contribution is 2.28. The molecule has 0 amide bonds. The van der Waals surface area contributed by atoms with Crippen LogP contribution in [0.15, 0.2) is 46.9 Å². The van der Waals surface area contributed by atoms with Crippen molar-refractivity contribution < 1.29 is 4.74 Å². The maximum atomic E-state index is 6.07. The van der Waals surface area contributed by atoms with Crippen molar-refractivity contribution in [1.29, 1.82) is 0 Å². The van der Waals surface area contributed by atoms with E-state index in [2.05, 4.69) is 45.1 Å². The molecule has 1 heterocycles. The first-order chi connectivity index (χ1) is 12.1. The molecule has 0 atom stereocenters. The van der Waals surface area contributed by atoms with Gasteiger partial charge in [-0.05, 0) is 86.1 Å². The Bertz CT molecular complexity index is 698. The van der Waals surface area contributed by atoms with Gasteiger partial charge in [0.1, 0.15) is 5.75 Å². The summed E-state index contributed by atoms with van der Waals surface area (Å²) in [4.78, 5) is 2.58. The fourth-order valence-corrected chi connectivity index (χ4v) is 4.16. The Labute approximate surface area is 164 Å². The second-order valence-electron chi connectivity index (χ2n) is 6.83. The van der Waals surface area contributed by atoms with Crippen LogP contribution in [-0.2, 0) is 12.8 Å². The summed E-state index contributed by atoms with van der Waals surface area (Å²) in [5, 5.41) is 0.833. The number of rotatable bonds is 6. The minimum Gasteiger partial charge on any atom is -0.497 e. The lowest BCUT2D eigenvalue weighted by Gasteiger charge is -2.32. The minimum absolute atomic E-state index is 0.755. The van der Waals surface area contributed by atoms with Gasteiger partial charge in [0.25, 0.3) is 0 Å². The summed E-state index contributed by atoms with van der Waals surface area (Å²) in [6, 6.07) is 14.5. The predicted molar refractivity (Wildman–Crippen MR) is 109 cm³/mol. The Kier molecular flexibility index (Phi) is 6.80. The molecule has 2 aromatic rings. The molecule has 0 bridgehead atoms. The van der Waals surface area contributed by atoms with E-state index in [0.717, 1.165) is 36.1 Å². The van der Waals surface area contributed by atoms with Crippen LogP contribution in [0.4, 0.5) is 0 Å². The standard InChI is InChI=1S/C21H25BrClNO/c1-25-20-5-6-21(22)18(15-20)13-17-8-11-24(12-9-17)10-7-16-3-2-4-19(23)14-16/h2-6,14-15,17H,7-13H2,1H3. The Morgan fingerprint density at radius 3 is 2.68 bits per heavy atom. The number of nitrogens with zero attached hydrogens (tertiary/aromatic N) is 1. The van der Waals surface area contributed by atoms with Crippen LogP contribution in [0, 0.1) is 5.92 Å². The summed E-state index contributed by atoms with van der Waals surface area (Å²) in [7, 11) is 1.73. The normalized spacial score (nSPS) is 16.1. The Morgan fingerprint density at radius 2 is 1.96 bits per heavy atom. The fraction of sp³-hybridized carbons (Fsp3) is 0.429. The van der Waals surface area contributed by atoms with Crippen LogP contribution in [0.1, 0.15) is 24.0 Å². The van der Waals surface area contributed by atoms with E-state index in [0.29, 0.717) is 0 Å². The number of methoxy groups -OCH3 is 1. The van der Waals surface area contributed by atoms with Gasteiger partial charge in [-0.2, -0.15) is 0 Å². The fourth-order valence-electron chi connectivity index (χ4n) is 3.54. The van der Waals surface area contributed by atoms with Crippen molar-refractivity contribution in [1.82, 2.24) is 4.90 Å². The zero-order chi connectivity index (χ0) is 17.6. The summed E-state index contributed by atoms with van der Waals surface area (Å²) in [5.74, 6) is 1.70. The van der Waals surface area contributed by atoms with Crippen LogP contribution in [0.25, 0.3) is 0 Å². The molecule has 4 heteroatoms. The zero-order valence-electron chi connectivity index (χ0n) is 14.7.